The molecule has 1 fully saturated rings. The number of carbonyl (C=O) groups is 1. The van der Waals surface area contributed by atoms with Crippen LogP contribution in [0.2, 0.25) is 0 Å². The molecule has 0 bridgehead atoms. The molecule has 1 aliphatic heterocycles. The van der Waals surface area contributed by atoms with E-state index in [1.54, 1.807) is 25.3 Å². The van der Waals surface area contributed by atoms with Crippen molar-refractivity contribution in [2.75, 3.05) is 25.1 Å². The van der Waals surface area contributed by atoms with Gasteiger partial charge in [0.05, 0.1) is 12.3 Å². The van der Waals surface area contributed by atoms with E-state index in [-0.39, 0.29) is 6.61 Å². The van der Waals surface area contributed by atoms with E-state index in [2.05, 4.69) is 20.8 Å². The summed E-state index contributed by atoms with van der Waals surface area (Å²) in [7, 11) is 0. The number of benzene rings is 1. The van der Waals surface area contributed by atoms with E-state index in [0.29, 0.717) is 43.0 Å². The lowest BCUT2D eigenvalue weighted by Gasteiger charge is -2.33. The minimum Gasteiger partial charge on any atom is -0.462 e. The Bertz CT molecular complexity index is 802. The van der Waals surface area contributed by atoms with Gasteiger partial charge in [-0.05, 0) is 45.0 Å². The van der Waals surface area contributed by atoms with Crippen molar-refractivity contribution in [2.24, 2.45) is 5.10 Å². The monoisotopic (exact) mass is 368 g/mol. The first-order valence-corrected chi connectivity index (χ1v) is 9.09. The first-order chi connectivity index (χ1) is 13.1. The van der Waals surface area contributed by atoms with Crippen LogP contribution in [0.3, 0.4) is 0 Å². The second kappa shape index (κ2) is 8.75. The molecule has 2 aromatic rings. The predicted molar refractivity (Wildman–Crippen MR) is 104 cm³/mol. The number of ether oxygens (including phenoxy) is 1. The van der Waals surface area contributed by atoms with Crippen molar-refractivity contribution in [3.8, 4) is 0 Å². The third kappa shape index (κ3) is 4.50. The molecule has 0 saturated carbocycles. The van der Waals surface area contributed by atoms with Crippen molar-refractivity contribution in [3.63, 3.8) is 0 Å². The zero-order chi connectivity index (χ0) is 19.1. The number of nitrogens with one attached hydrogen (secondary N) is 2. The van der Waals surface area contributed by atoms with Crippen LogP contribution < -0.4 is 10.7 Å². The smallest absolute Gasteiger partial charge is 0.341 e. The zero-order valence-corrected chi connectivity index (χ0v) is 15.3. The molecule has 0 atom stereocenters. The average molecular weight is 368 g/mol. The Morgan fingerprint density at radius 3 is 2.70 bits per heavy atom. The second-order valence-electron chi connectivity index (χ2n) is 6.34. The molecule has 1 aromatic carbocycles. The number of piperidine rings is 1. The molecule has 7 nitrogen and oxygen atoms in total. The summed E-state index contributed by atoms with van der Waals surface area (Å²) in [5, 5.41) is 18.9. The van der Waals surface area contributed by atoms with Crippen molar-refractivity contribution < 1.29 is 14.6 Å². The van der Waals surface area contributed by atoms with Crippen LogP contribution in [0.5, 0.6) is 0 Å². The number of anilines is 1. The van der Waals surface area contributed by atoms with Gasteiger partial charge in [-0.2, -0.15) is 5.10 Å². The first-order valence-electron chi connectivity index (χ1n) is 9.09. The van der Waals surface area contributed by atoms with Gasteiger partial charge in [0.15, 0.2) is 5.82 Å². The lowest BCUT2D eigenvalue weighted by Crippen LogP contribution is -2.48. The number of hydrogen-bond donors (Lipinski definition) is 3. The highest BCUT2D eigenvalue weighted by molar-refractivity contribution is 6.07. The van der Waals surface area contributed by atoms with Crippen LogP contribution in [0.25, 0.3) is 0 Å². The third-order valence-corrected chi connectivity index (χ3v) is 4.50. The molecule has 0 amide bonds. The van der Waals surface area contributed by atoms with Gasteiger partial charge in [0.2, 0.25) is 0 Å². The predicted octanol–water partition coefficient (Wildman–Crippen LogP) is 2.19. The number of aliphatic hydroxyl groups is 1. The fraction of sp³-hybridized carbons (Fsp3) is 0.350. The molecule has 2 heterocycles. The molecule has 1 aliphatic rings. The van der Waals surface area contributed by atoms with E-state index >= 15 is 0 Å². The number of pyridine rings is 1. The molecule has 3 N–H and O–H groups in total. The molecule has 142 valence electrons. The fourth-order valence-corrected chi connectivity index (χ4v) is 3.09. The fourth-order valence-electron chi connectivity index (χ4n) is 3.09. The summed E-state index contributed by atoms with van der Waals surface area (Å²) in [6.45, 7) is 3.44. The highest BCUT2D eigenvalue weighted by Crippen LogP contribution is 2.25. The minimum atomic E-state index is -1.06. The van der Waals surface area contributed by atoms with E-state index in [1.807, 2.05) is 30.3 Å². The zero-order valence-electron chi connectivity index (χ0n) is 15.3. The van der Waals surface area contributed by atoms with Crippen molar-refractivity contribution in [1.29, 1.82) is 0 Å². The van der Waals surface area contributed by atoms with Gasteiger partial charge >= 0.3 is 5.97 Å². The summed E-state index contributed by atoms with van der Waals surface area (Å²) < 4.78 is 5.07. The summed E-state index contributed by atoms with van der Waals surface area (Å²) in [5.74, 6) is -0.174. The molecule has 27 heavy (non-hydrogen) atoms. The van der Waals surface area contributed by atoms with E-state index in [4.69, 9.17) is 4.74 Å². The molecule has 7 heteroatoms. The van der Waals surface area contributed by atoms with Gasteiger partial charge in [0, 0.05) is 11.8 Å². The van der Waals surface area contributed by atoms with Crippen molar-refractivity contribution in [2.45, 2.75) is 25.4 Å². The maximum atomic E-state index is 12.1. The number of esters is 1. The van der Waals surface area contributed by atoms with Crippen LogP contribution in [0.4, 0.5) is 5.82 Å². The molecular formula is C20H24N4O3. The summed E-state index contributed by atoms with van der Waals surface area (Å²) in [4.78, 5) is 16.3. The Balaban J connectivity index is 1.95. The van der Waals surface area contributed by atoms with Crippen LogP contribution >= 0.6 is 0 Å². The minimum absolute atomic E-state index is 0.276. The van der Waals surface area contributed by atoms with Gasteiger partial charge in [-0.3, -0.25) is 5.43 Å². The quantitative estimate of drug-likeness (QED) is 0.411. The third-order valence-electron chi connectivity index (χ3n) is 4.50. The molecule has 1 aromatic heterocycles. The molecule has 1 saturated heterocycles. The second-order valence-corrected chi connectivity index (χ2v) is 6.34. The Hall–Kier alpha value is -2.77. The van der Waals surface area contributed by atoms with Gasteiger partial charge in [0.1, 0.15) is 11.2 Å². The SMILES string of the molecule is CCOC(=O)c1cccnc1N/N=C(/c1ccccc1)C1(O)CCNCC1. The molecule has 0 spiro atoms. The molecular weight excluding hydrogens is 344 g/mol. The molecule has 0 unspecified atom stereocenters. The standard InChI is InChI=1S/C20H24N4O3/c1-2-27-19(25)16-9-6-12-22-18(16)24-23-17(15-7-4-3-5-8-15)20(26)10-13-21-14-11-20/h3-9,12,21,26H,2,10-11,13-14H2,1H3,(H,22,24)/b23-17-. The van der Waals surface area contributed by atoms with E-state index in [9.17, 15) is 9.90 Å². The Kier molecular flexibility index (Phi) is 6.16. The van der Waals surface area contributed by atoms with Crippen LogP contribution in [0.1, 0.15) is 35.7 Å². The maximum absolute atomic E-state index is 12.1. The van der Waals surface area contributed by atoms with Crippen LogP contribution in [0.15, 0.2) is 53.8 Å². The molecule has 0 radical (unpaired) electrons. The van der Waals surface area contributed by atoms with Crippen molar-refractivity contribution in [1.82, 2.24) is 10.3 Å². The Labute approximate surface area is 158 Å². The number of nitrogens with zero attached hydrogens (tertiary/aromatic N) is 2. The first kappa shape index (κ1) is 19.0. The Morgan fingerprint density at radius 1 is 1.26 bits per heavy atom. The van der Waals surface area contributed by atoms with E-state index in [0.717, 1.165) is 5.56 Å². The normalized spacial score (nSPS) is 16.6. The lowest BCUT2D eigenvalue weighted by molar-refractivity contribution is 0.0527. The highest BCUT2D eigenvalue weighted by Gasteiger charge is 2.36. The lowest BCUT2D eigenvalue weighted by atomic mass is 9.84. The number of hydrogen-bond acceptors (Lipinski definition) is 7. The van der Waals surface area contributed by atoms with Gasteiger partial charge in [0.25, 0.3) is 0 Å². The highest BCUT2D eigenvalue weighted by atomic mass is 16.5. The summed E-state index contributed by atoms with van der Waals surface area (Å²) >= 11 is 0. The van der Waals surface area contributed by atoms with Crippen LogP contribution in [0, 0.1) is 0 Å². The molecule has 3 rings (SSSR count). The van der Waals surface area contributed by atoms with E-state index < -0.39 is 11.6 Å². The van der Waals surface area contributed by atoms with Crippen molar-refractivity contribution >= 4 is 17.5 Å². The largest absolute Gasteiger partial charge is 0.462 e. The number of carbonyl (C=O) groups excluding carboxylic acids is 1. The van der Waals surface area contributed by atoms with E-state index in [1.165, 1.54) is 0 Å². The van der Waals surface area contributed by atoms with Crippen molar-refractivity contribution in [3.05, 3.63) is 59.8 Å². The molecule has 0 aliphatic carbocycles. The van der Waals surface area contributed by atoms with Crippen LogP contribution in [-0.4, -0.2) is 47.1 Å². The summed E-state index contributed by atoms with van der Waals surface area (Å²) in [5.41, 5.74) is 3.47. The van der Waals surface area contributed by atoms with Gasteiger partial charge in [-0.25, -0.2) is 9.78 Å². The van der Waals surface area contributed by atoms with Gasteiger partial charge in [-0.1, -0.05) is 30.3 Å². The summed E-state index contributed by atoms with van der Waals surface area (Å²) in [6, 6.07) is 12.8. The van der Waals surface area contributed by atoms with Gasteiger partial charge in [-0.15, -0.1) is 0 Å². The Morgan fingerprint density at radius 2 is 2.00 bits per heavy atom. The number of hydrazone groups is 1. The number of aromatic nitrogens is 1. The average Bonchev–Trinajstić information content (AvgIpc) is 2.70. The van der Waals surface area contributed by atoms with Crippen LogP contribution in [-0.2, 0) is 4.74 Å². The number of rotatable bonds is 6. The maximum Gasteiger partial charge on any atom is 0.341 e. The topological polar surface area (TPSA) is 95.8 Å². The van der Waals surface area contributed by atoms with Gasteiger partial charge < -0.3 is 15.2 Å². The summed E-state index contributed by atoms with van der Waals surface area (Å²) in [6.07, 6.45) is 2.67.